The van der Waals surface area contributed by atoms with Crippen LogP contribution in [0.3, 0.4) is 0 Å². The molecule has 25 heavy (non-hydrogen) atoms. The van der Waals surface area contributed by atoms with E-state index in [9.17, 15) is 4.39 Å². The van der Waals surface area contributed by atoms with E-state index in [1.807, 2.05) is 29.9 Å². The summed E-state index contributed by atoms with van der Waals surface area (Å²) in [6.45, 7) is 2.36. The van der Waals surface area contributed by atoms with E-state index in [4.69, 9.17) is 4.74 Å². The molecule has 0 bridgehead atoms. The number of likely N-dealkylation sites (N-methyl/N-ethyl adjacent to an activating group) is 1. The van der Waals surface area contributed by atoms with Gasteiger partial charge in [-0.15, -0.1) is 11.3 Å². The molecule has 0 spiro atoms. The molecule has 0 radical (unpaired) electrons. The molecule has 0 saturated carbocycles. The van der Waals surface area contributed by atoms with Crippen molar-refractivity contribution in [2.24, 2.45) is 13.0 Å². The highest BCUT2D eigenvalue weighted by atomic mass is 32.1. The van der Waals surface area contributed by atoms with Gasteiger partial charge in [0.15, 0.2) is 0 Å². The van der Waals surface area contributed by atoms with Crippen LogP contribution in [0.1, 0.15) is 23.1 Å². The third-order valence-corrected chi connectivity index (χ3v) is 5.29. The highest BCUT2D eigenvalue weighted by Gasteiger charge is 2.19. The summed E-state index contributed by atoms with van der Waals surface area (Å²) >= 11 is 1.69. The summed E-state index contributed by atoms with van der Waals surface area (Å²) < 4.78 is 21.1. The highest BCUT2D eigenvalue weighted by molar-refractivity contribution is 7.10. The lowest BCUT2D eigenvalue weighted by Crippen LogP contribution is -2.29. The number of hydrogen-bond donors (Lipinski definition) is 0. The number of aryl methyl sites for hydroxylation is 1. The number of thiophene rings is 1. The van der Waals surface area contributed by atoms with E-state index >= 15 is 0 Å². The Morgan fingerprint density at radius 3 is 3.00 bits per heavy atom. The molecule has 134 valence electrons. The molecule has 2 aromatic rings. The van der Waals surface area contributed by atoms with Crippen LogP contribution in [0.15, 0.2) is 53.8 Å². The van der Waals surface area contributed by atoms with E-state index in [1.54, 1.807) is 29.7 Å². The summed E-state index contributed by atoms with van der Waals surface area (Å²) in [5, 5.41) is 6.33. The van der Waals surface area contributed by atoms with Crippen molar-refractivity contribution in [1.29, 1.82) is 0 Å². The largest absolute Gasteiger partial charge is 0.365 e. The first-order chi connectivity index (χ1) is 12.1. The molecule has 2 atom stereocenters. The first-order valence-electron chi connectivity index (χ1n) is 8.49. The maximum atomic E-state index is 13.0. The summed E-state index contributed by atoms with van der Waals surface area (Å²) in [6, 6.07) is 6.14. The van der Waals surface area contributed by atoms with E-state index < -0.39 is 0 Å². The van der Waals surface area contributed by atoms with Crippen molar-refractivity contribution in [3.05, 3.63) is 64.4 Å². The van der Waals surface area contributed by atoms with Gasteiger partial charge in [0.1, 0.15) is 11.9 Å². The predicted octanol–water partition coefficient (Wildman–Crippen LogP) is 3.95. The molecule has 2 aromatic heterocycles. The Hall–Kier alpha value is -1.76. The first kappa shape index (κ1) is 18.0. The third-order valence-electron chi connectivity index (χ3n) is 4.38. The summed E-state index contributed by atoms with van der Waals surface area (Å²) in [5.74, 6) is 0.242. The summed E-state index contributed by atoms with van der Waals surface area (Å²) in [6.07, 6.45) is 7.65. The smallest absolute Gasteiger partial charge is 0.133 e. The van der Waals surface area contributed by atoms with Crippen LogP contribution in [0, 0.1) is 5.92 Å². The van der Waals surface area contributed by atoms with Crippen LogP contribution in [0.5, 0.6) is 0 Å². The van der Waals surface area contributed by atoms with Gasteiger partial charge in [-0.05, 0) is 49.1 Å². The maximum absolute atomic E-state index is 13.0. The molecular formula is C19H24FN3OS. The first-order valence-corrected chi connectivity index (χ1v) is 9.36. The van der Waals surface area contributed by atoms with Gasteiger partial charge in [0.25, 0.3) is 0 Å². The Morgan fingerprint density at radius 1 is 1.48 bits per heavy atom. The van der Waals surface area contributed by atoms with E-state index in [0.717, 1.165) is 25.2 Å². The van der Waals surface area contributed by atoms with Gasteiger partial charge in [-0.1, -0.05) is 12.1 Å². The minimum atomic E-state index is -0.128. The van der Waals surface area contributed by atoms with E-state index in [2.05, 4.69) is 28.5 Å². The third kappa shape index (κ3) is 4.87. The van der Waals surface area contributed by atoms with Crippen LogP contribution in [-0.2, 0) is 11.8 Å². The van der Waals surface area contributed by atoms with Crippen LogP contribution in [0.2, 0.25) is 0 Å². The lowest BCUT2D eigenvalue weighted by molar-refractivity contribution is 0.0606. The number of aromatic nitrogens is 2. The molecule has 0 N–H and O–H groups in total. The Bertz CT molecular complexity index is 723. The Kier molecular flexibility index (Phi) is 6.18. The van der Waals surface area contributed by atoms with Crippen molar-refractivity contribution in [3.8, 4) is 0 Å². The molecule has 3 rings (SSSR count). The summed E-state index contributed by atoms with van der Waals surface area (Å²) in [5.41, 5.74) is 1.06. The molecule has 0 aliphatic heterocycles. The van der Waals surface area contributed by atoms with Crippen molar-refractivity contribution < 1.29 is 9.13 Å². The summed E-state index contributed by atoms with van der Waals surface area (Å²) in [7, 11) is 4.02. The number of halogens is 1. The van der Waals surface area contributed by atoms with Gasteiger partial charge in [0.2, 0.25) is 0 Å². The fourth-order valence-corrected chi connectivity index (χ4v) is 3.77. The van der Waals surface area contributed by atoms with E-state index in [-0.39, 0.29) is 11.9 Å². The van der Waals surface area contributed by atoms with Crippen LogP contribution < -0.4 is 0 Å². The lowest BCUT2D eigenvalue weighted by Gasteiger charge is -2.24. The molecule has 6 heteroatoms. The molecule has 1 aliphatic carbocycles. The van der Waals surface area contributed by atoms with Gasteiger partial charge in [-0.3, -0.25) is 4.68 Å². The predicted molar refractivity (Wildman–Crippen MR) is 99.3 cm³/mol. The van der Waals surface area contributed by atoms with Crippen LogP contribution in [0.25, 0.3) is 0 Å². The normalized spacial score (nSPS) is 18.6. The average Bonchev–Trinajstić information content (AvgIpc) is 3.26. The second-order valence-corrected chi connectivity index (χ2v) is 7.33. The monoisotopic (exact) mass is 361 g/mol. The number of rotatable bonds is 8. The van der Waals surface area contributed by atoms with Crippen molar-refractivity contribution >= 4 is 11.3 Å². The molecule has 1 aliphatic rings. The van der Waals surface area contributed by atoms with Crippen molar-refractivity contribution in [2.45, 2.75) is 12.5 Å². The lowest BCUT2D eigenvalue weighted by atomic mass is 10.00. The molecule has 4 nitrogen and oxygen atoms in total. The number of ether oxygens (including phenoxy) is 1. The van der Waals surface area contributed by atoms with Crippen molar-refractivity contribution in [3.63, 3.8) is 0 Å². The fraction of sp³-hybridized carbons (Fsp3) is 0.421. The standard InChI is InChI=1S/C19H24FN3OS/c1-22(14-15-5-7-16(20)8-6-15)11-12-24-19(18-4-3-13-25-18)17-9-10-21-23(17)2/h3-5,7-10,13,15,19H,6,11-12,14H2,1-2H3. The van der Waals surface area contributed by atoms with Gasteiger partial charge < -0.3 is 9.64 Å². The van der Waals surface area contributed by atoms with Crippen LogP contribution in [-0.4, -0.2) is 41.4 Å². The zero-order valence-electron chi connectivity index (χ0n) is 14.6. The summed E-state index contributed by atoms with van der Waals surface area (Å²) in [4.78, 5) is 3.42. The van der Waals surface area contributed by atoms with Gasteiger partial charge in [-0.25, -0.2) is 4.39 Å². The zero-order valence-corrected chi connectivity index (χ0v) is 15.5. The van der Waals surface area contributed by atoms with E-state index in [0.29, 0.717) is 12.5 Å². The van der Waals surface area contributed by atoms with Crippen molar-refractivity contribution in [2.75, 3.05) is 26.7 Å². The van der Waals surface area contributed by atoms with Crippen LogP contribution >= 0.6 is 11.3 Å². The molecule has 0 amide bonds. The average molecular weight is 361 g/mol. The maximum Gasteiger partial charge on any atom is 0.133 e. The molecular weight excluding hydrogens is 337 g/mol. The minimum Gasteiger partial charge on any atom is -0.365 e. The minimum absolute atomic E-state index is 0.0903. The second-order valence-electron chi connectivity index (χ2n) is 6.35. The molecule has 2 heterocycles. The van der Waals surface area contributed by atoms with Gasteiger partial charge in [0, 0.05) is 31.2 Å². The Morgan fingerprint density at radius 2 is 2.36 bits per heavy atom. The van der Waals surface area contributed by atoms with Crippen molar-refractivity contribution in [1.82, 2.24) is 14.7 Å². The molecule has 0 saturated heterocycles. The Labute approximate surface area is 152 Å². The number of hydrogen-bond acceptors (Lipinski definition) is 4. The zero-order chi connectivity index (χ0) is 17.6. The van der Waals surface area contributed by atoms with E-state index in [1.165, 1.54) is 4.88 Å². The second kappa shape index (κ2) is 8.56. The van der Waals surface area contributed by atoms with Gasteiger partial charge in [0.05, 0.1) is 12.3 Å². The highest BCUT2D eigenvalue weighted by Crippen LogP contribution is 2.29. The number of nitrogens with zero attached hydrogens (tertiary/aromatic N) is 3. The molecule has 0 fully saturated rings. The SMILES string of the molecule is CN(CCOC(c1cccs1)c1ccnn1C)CC1C=CC(F)=CC1. The van der Waals surface area contributed by atoms with Crippen LogP contribution in [0.4, 0.5) is 4.39 Å². The topological polar surface area (TPSA) is 30.3 Å². The number of allylic oxidation sites excluding steroid dienone is 3. The van der Waals surface area contributed by atoms with Gasteiger partial charge in [-0.2, -0.15) is 5.10 Å². The van der Waals surface area contributed by atoms with Gasteiger partial charge >= 0.3 is 0 Å². The quantitative estimate of drug-likeness (QED) is 0.713. The molecule has 2 unspecified atom stereocenters. The fourth-order valence-electron chi connectivity index (χ4n) is 2.99. The molecule has 0 aromatic carbocycles. The Balaban J connectivity index is 1.52.